The van der Waals surface area contributed by atoms with Gasteiger partial charge in [-0.25, -0.2) is 9.78 Å². The number of hydrogen-bond acceptors (Lipinski definition) is 3. The van der Waals surface area contributed by atoms with Crippen molar-refractivity contribution >= 4 is 28.6 Å². The molecule has 1 N–H and O–H groups in total. The Balaban J connectivity index is 2.31. The van der Waals surface area contributed by atoms with Crippen molar-refractivity contribution in [3.05, 3.63) is 58.9 Å². The van der Waals surface area contributed by atoms with Crippen molar-refractivity contribution in [1.29, 1.82) is 5.26 Å². The second-order valence-corrected chi connectivity index (χ2v) is 4.83. The highest BCUT2D eigenvalue weighted by Gasteiger charge is 2.12. The number of nitriles is 1. The van der Waals surface area contributed by atoms with Gasteiger partial charge >= 0.3 is 5.97 Å². The lowest BCUT2D eigenvalue weighted by Gasteiger charge is -2.07. The first-order chi connectivity index (χ1) is 10.1. The van der Waals surface area contributed by atoms with Crippen molar-refractivity contribution in [3.63, 3.8) is 0 Å². The van der Waals surface area contributed by atoms with Crippen LogP contribution >= 0.6 is 11.6 Å². The van der Waals surface area contributed by atoms with Crippen molar-refractivity contribution in [2.45, 2.75) is 0 Å². The maximum Gasteiger partial charge on any atom is 0.335 e. The van der Waals surface area contributed by atoms with Crippen molar-refractivity contribution < 1.29 is 9.90 Å². The molecule has 0 aliphatic rings. The molecule has 5 nitrogen and oxygen atoms in total. The van der Waals surface area contributed by atoms with Crippen LogP contribution in [0.3, 0.4) is 0 Å². The lowest BCUT2D eigenvalue weighted by atomic mass is 10.1. The number of aromatic nitrogens is 2. The van der Waals surface area contributed by atoms with Crippen molar-refractivity contribution in [2.75, 3.05) is 0 Å². The third-order valence-corrected chi connectivity index (χ3v) is 3.37. The molecule has 3 aromatic rings. The number of carboxylic acid groups (broad SMARTS) is 1. The van der Waals surface area contributed by atoms with Crippen LogP contribution in [0.2, 0.25) is 5.02 Å². The number of imidazole rings is 1. The van der Waals surface area contributed by atoms with E-state index in [4.69, 9.17) is 16.7 Å². The fourth-order valence-corrected chi connectivity index (χ4v) is 2.30. The van der Waals surface area contributed by atoms with Crippen LogP contribution in [0.4, 0.5) is 0 Å². The lowest BCUT2D eigenvalue weighted by Crippen LogP contribution is -1.99. The van der Waals surface area contributed by atoms with E-state index in [-0.39, 0.29) is 5.56 Å². The van der Waals surface area contributed by atoms with Gasteiger partial charge in [-0.05, 0) is 36.4 Å². The van der Waals surface area contributed by atoms with Gasteiger partial charge in [-0.15, -0.1) is 0 Å². The highest BCUT2D eigenvalue weighted by molar-refractivity contribution is 6.30. The van der Waals surface area contributed by atoms with Crippen LogP contribution < -0.4 is 0 Å². The minimum Gasteiger partial charge on any atom is -0.478 e. The first-order valence-corrected chi connectivity index (χ1v) is 6.38. The summed E-state index contributed by atoms with van der Waals surface area (Å²) in [4.78, 5) is 15.3. The zero-order valence-corrected chi connectivity index (χ0v) is 11.4. The summed E-state index contributed by atoms with van der Waals surface area (Å²) in [5.41, 5.74) is 2.40. The van der Waals surface area contributed by atoms with Gasteiger partial charge in [0.15, 0.2) is 0 Å². The van der Waals surface area contributed by atoms with E-state index >= 15 is 0 Å². The average molecular weight is 298 g/mol. The fourth-order valence-electron chi connectivity index (χ4n) is 2.13. The van der Waals surface area contributed by atoms with Crippen LogP contribution in [-0.2, 0) is 0 Å². The Bertz CT molecular complexity index is 909. The Hall–Kier alpha value is -2.84. The molecule has 1 heterocycles. The molecule has 0 saturated carbocycles. The topological polar surface area (TPSA) is 78.9 Å². The van der Waals surface area contributed by atoms with E-state index in [1.165, 1.54) is 12.1 Å². The summed E-state index contributed by atoms with van der Waals surface area (Å²) in [5.74, 6) is -1.02. The molecular formula is C15H8ClN3O2. The van der Waals surface area contributed by atoms with Crippen LogP contribution in [0.5, 0.6) is 0 Å². The van der Waals surface area contributed by atoms with Gasteiger partial charge in [0.2, 0.25) is 0 Å². The standard InChI is InChI=1S/C15H8ClN3O2/c16-11-3-1-10(7-17)13(6-11)19-8-18-12-4-2-9(15(20)21)5-14(12)19/h1-6,8H,(H,20,21). The number of rotatable bonds is 2. The van der Waals surface area contributed by atoms with E-state index in [1.807, 2.05) is 0 Å². The number of nitrogens with zero attached hydrogens (tertiary/aromatic N) is 3. The number of hydrogen-bond donors (Lipinski definition) is 1. The Morgan fingerprint density at radius 2 is 2.10 bits per heavy atom. The predicted octanol–water partition coefficient (Wildman–Crippen LogP) is 3.25. The quantitative estimate of drug-likeness (QED) is 0.787. The van der Waals surface area contributed by atoms with E-state index in [9.17, 15) is 10.1 Å². The predicted molar refractivity (Wildman–Crippen MR) is 77.8 cm³/mol. The molecule has 0 atom stereocenters. The highest BCUT2D eigenvalue weighted by atomic mass is 35.5. The minimum atomic E-state index is -1.02. The number of fused-ring (bicyclic) bond motifs is 1. The molecule has 0 radical (unpaired) electrons. The van der Waals surface area contributed by atoms with E-state index in [1.54, 1.807) is 35.2 Å². The molecule has 0 aliphatic heterocycles. The van der Waals surface area contributed by atoms with Crippen LogP contribution in [0.15, 0.2) is 42.7 Å². The van der Waals surface area contributed by atoms with Crippen LogP contribution in [0.25, 0.3) is 16.7 Å². The summed E-state index contributed by atoms with van der Waals surface area (Å²) >= 11 is 5.99. The molecule has 6 heteroatoms. The summed E-state index contributed by atoms with van der Waals surface area (Å²) in [5, 5.41) is 18.8. The summed E-state index contributed by atoms with van der Waals surface area (Å²) in [6.45, 7) is 0. The number of carboxylic acids is 1. The maximum absolute atomic E-state index is 11.1. The Morgan fingerprint density at radius 3 is 2.81 bits per heavy atom. The van der Waals surface area contributed by atoms with Gasteiger partial charge < -0.3 is 5.11 Å². The molecule has 0 amide bonds. The SMILES string of the molecule is N#Cc1ccc(Cl)cc1-n1cnc2ccc(C(=O)O)cc21. The molecule has 0 bridgehead atoms. The zero-order chi connectivity index (χ0) is 15.0. The van der Waals surface area contributed by atoms with Crippen molar-refractivity contribution in [3.8, 4) is 11.8 Å². The van der Waals surface area contributed by atoms with Crippen molar-refractivity contribution in [2.24, 2.45) is 0 Å². The smallest absolute Gasteiger partial charge is 0.335 e. The molecular weight excluding hydrogens is 290 g/mol. The highest BCUT2D eigenvalue weighted by Crippen LogP contribution is 2.24. The molecule has 0 unspecified atom stereocenters. The molecule has 2 aromatic carbocycles. The monoisotopic (exact) mass is 297 g/mol. The summed E-state index contributed by atoms with van der Waals surface area (Å²) < 4.78 is 1.66. The zero-order valence-electron chi connectivity index (χ0n) is 10.6. The summed E-state index contributed by atoms with van der Waals surface area (Å²) in [6.07, 6.45) is 1.54. The summed E-state index contributed by atoms with van der Waals surface area (Å²) in [6, 6.07) is 11.6. The lowest BCUT2D eigenvalue weighted by molar-refractivity contribution is 0.0697. The van der Waals surface area contributed by atoms with E-state index in [2.05, 4.69) is 11.1 Å². The molecule has 0 saturated heterocycles. The third-order valence-electron chi connectivity index (χ3n) is 3.13. The van der Waals surface area contributed by atoms with E-state index < -0.39 is 5.97 Å². The normalized spacial score (nSPS) is 10.5. The summed E-state index contributed by atoms with van der Waals surface area (Å²) in [7, 11) is 0. The number of benzene rings is 2. The van der Waals surface area contributed by atoms with Crippen LogP contribution in [0.1, 0.15) is 15.9 Å². The minimum absolute atomic E-state index is 0.157. The first-order valence-electron chi connectivity index (χ1n) is 6.00. The molecule has 0 aliphatic carbocycles. The van der Waals surface area contributed by atoms with Gasteiger partial charge in [0.05, 0.1) is 27.8 Å². The van der Waals surface area contributed by atoms with Gasteiger partial charge in [0, 0.05) is 5.02 Å². The number of aromatic carboxylic acids is 1. The van der Waals surface area contributed by atoms with Crippen LogP contribution in [0, 0.1) is 11.3 Å². The number of carbonyl (C=O) groups is 1. The second kappa shape index (κ2) is 4.93. The van der Waals surface area contributed by atoms with E-state index in [0.717, 1.165) is 0 Å². The molecule has 1 aromatic heterocycles. The average Bonchev–Trinajstić information content (AvgIpc) is 2.89. The largest absolute Gasteiger partial charge is 0.478 e. The number of halogens is 1. The van der Waals surface area contributed by atoms with Gasteiger partial charge in [-0.3, -0.25) is 4.57 Å². The second-order valence-electron chi connectivity index (χ2n) is 4.40. The van der Waals surface area contributed by atoms with E-state index in [0.29, 0.717) is 27.3 Å². The van der Waals surface area contributed by atoms with Gasteiger partial charge in [-0.2, -0.15) is 5.26 Å². The van der Waals surface area contributed by atoms with Crippen molar-refractivity contribution in [1.82, 2.24) is 9.55 Å². The maximum atomic E-state index is 11.1. The molecule has 0 fully saturated rings. The van der Waals surface area contributed by atoms with Gasteiger partial charge in [0.25, 0.3) is 0 Å². The Kier molecular flexibility index (Phi) is 3.09. The molecule has 0 spiro atoms. The third kappa shape index (κ3) is 2.22. The molecule has 102 valence electrons. The van der Waals surface area contributed by atoms with Crippen LogP contribution in [-0.4, -0.2) is 20.6 Å². The Morgan fingerprint density at radius 1 is 1.29 bits per heavy atom. The fraction of sp³-hybridized carbons (Fsp3) is 0. The van der Waals surface area contributed by atoms with Gasteiger partial charge in [0.1, 0.15) is 12.4 Å². The molecule has 21 heavy (non-hydrogen) atoms. The Labute approximate surface area is 124 Å². The molecule has 3 rings (SSSR count). The van der Waals surface area contributed by atoms with Gasteiger partial charge in [-0.1, -0.05) is 11.6 Å². The first kappa shape index (κ1) is 13.2.